The lowest BCUT2D eigenvalue weighted by molar-refractivity contribution is -0.159. The largest absolute Gasteiger partial charge is 0.479 e. The van der Waals surface area contributed by atoms with Crippen molar-refractivity contribution in [3.63, 3.8) is 0 Å². The second kappa shape index (κ2) is 8.89. The quantitative estimate of drug-likeness (QED) is 0.644. The number of ether oxygens (including phenoxy) is 2. The highest BCUT2D eigenvalue weighted by Crippen LogP contribution is 2.23. The van der Waals surface area contributed by atoms with E-state index in [1.54, 1.807) is 30.3 Å². The molecule has 29 heavy (non-hydrogen) atoms. The first-order chi connectivity index (χ1) is 14.0. The molecular weight excluding hydrogens is 368 g/mol. The van der Waals surface area contributed by atoms with Crippen LogP contribution in [0.3, 0.4) is 0 Å². The fourth-order valence-electron chi connectivity index (χ4n) is 2.75. The molecule has 3 aromatic rings. The van der Waals surface area contributed by atoms with Crippen molar-refractivity contribution in [2.24, 2.45) is 0 Å². The summed E-state index contributed by atoms with van der Waals surface area (Å²) in [7, 11) is 0. The normalized spacial score (nSPS) is 12.4. The van der Waals surface area contributed by atoms with Gasteiger partial charge in [-0.1, -0.05) is 36.4 Å². The summed E-state index contributed by atoms with van der Waals surface area (Å²) < 4.78 is 10.8. The molecule has 1 N–H and O–H groups in total. The van der Waals surface area contributed by atoms with Crippen LogP contribution in [-0.4, -0.2) is 24.1 Å². The Hall–Kier alpha value is -3.85. The van der Waals surface area contributed by atoms with Crippen LogP contribution in [0.15, 0.2) is 66.7 Å². The molecule has 0 aliphatic rings. The van der Waals surface area contributed by atoms with Gasteiger partial charge >= 0.3 is 5.97 Å². The van der Waals surface area contributed by atoms with E-state index in [9.17, 15) is 9.59 Å². The second-order valence-electron chi connectivity index (χ2n) is 6.49. The van der Waals surface area contributed by atoms with E-state index in [0.29, 0.717) is 17.0 Å². The Balaban J connectivity index is 1.59. The van der Waals surface area contributed by atoms with E-state index < -0.39 is 24.1 Å². The highest BCUT2D eigenvalue weighted by molar-refractivity contribution is 6.03. The number of nitrogens with zero attached hydrogens (tertiary/aromatic N) is 1. The zero-order valence-corrected chi connectivity index (χ0v) is 16.1. The van der Waals surface area contributed by atoms with Gasteiger partial charge in [0.15, 0.2) is 12.2 Å². The molecule has 0 aromatic heterocycles. The number of hydrogen-bond acceptors (Lipinski definition) is 5. The lowest BCUT2D eigenvalue weighted by Gasteiger charge is -2.18. The fourth-order valence-corrected chi connectivity index (χ4v) is 2.75. The number of carbonyl (C=O) groups is 2. The maximum atomic E-state index is 12.5. The molecule has 0 saturated carbocycles. The minimum Gasteiger partial charge on any atom is -0.479 e. The molecule has 6 heteroatoms. The van der Waals surface area contributed by atoms with Gasteiger partial charge in [-0.05, 0) is 49.6 Å². The smallest absolute Gasteiger partial charge is 0.347 e. The first kappa shape index (κ1) is 19.9. The lowest BCUT2D eigenvalue weighted by Crippen LogP contribution is -2.35. The number of esters is 1. The Morgan fingerprint density at radius 3 is 2.34 bits per heavy atom. The number of rotatable bonds is 6. The van der Waals surface area contributed by atoms with Gasteiger partial charge in [-0.25, -0.2) is 4.79 Å². The first-order valence-electron chi connectivity index (χ1n) is 9.14. The van der Waals surface area contributed by atoms with Crippen LogP contribution in [0.2, 0.25) is 0 Å². The molecule has 0 unspecified atom stereocenters. The van der Waals surface area contributed by atoms with Crippen molar-refractivity contribution in [2.75, 3.05) is 5.32 Å². The van der Waals surface area contributed by atoms with Gasteiger partial charge in [-0.2, -0.15) is 5.26 Å². The molecule has 0 aliphatic carbocycles. The Morgan fingerprint density at radius 1 is 0.931 bits per heavy atom. The standard InChI is InChI=1S/C23H20N2O4/c1-15(22(26)25-21-9-5-7-18-6-3-4-8-20(18)21)29-23(27)16(2)28-19-12-10-17(14-24)11-13-19/h3-13,15-16H,1-2H3,(H,25,26)/t15-,16-/m1/s1. The van der Waals surface area contributed by atoms with Crippen LogP contribution in [0.4, 0.5) is 5.69 Å². The number of carbonyl (C=O) groups excluding carboxylic acids is 2. The number of fused-ring (bicyclic) bond motifs is 1. The molecule has 0 radical (unpaired) electrons. The van der Waals surface area contributed by atoms with Crippen LogP contribution in [0.1, 0.15) is 19.4 Å². The third-order valence-corrected chi connectivity index (χ3v) is 4.34. The first-order valence-corrected chi connectivity index (χ1v) is 9.14. The summed E-state index contributed by atoms with van der Waals surface area (Å²) in [4.78, 5) is 24.8. The summed E-state index contributed by atoms with van der Waals surface area (Å²) in [5.74, 6) is -0.656. The average molecular weight is 388 g/mol. The maximum absolute atomic E-state index is 12.5. The molecule has 0 heterocycles. The highest BCUT2D eigenvalue weighted by Gasteiger charge is 2.23. The van der Waals surface area contributed by atoms with Crippen LogP contribution >= 0.6 is 0 Å². The lowest BCUT2D eigenvalue weighted by atomic mass is 10.1. The van der Waals surface area contributed by atoms with Crippen LogP contribution in [0, 0.1) is 11.3 Å². The van der Waals surface area contributed by atoms with Crippen molar-refractivity contribution in [2.45, 2.75) is 26.1 Å². The SMILES string of the molecule is C[C@@H](OC(=O)[C@@H](C)Oc1ccc(C#N)cc1)C(=O)Nc1cccc2ccccc12. The summed E-state index contributed by atoms with van der Waals surface area (Å²) in [5.41, 5.74) is 1.14. The van der Waals surface area contributed by atoms with E-state index in [2.05, 4.69) is 5.32 Å². The van der Waals surface area contributed by atoms with Crippen molar-refractivity contribution < 1.29 is 19.1 Å². The van der Waals surface area contributed by atoms with Crippen molar-refractivity contribution in [1.82, 2.24) is 0 Å². The van der Waals surface area contributed by atoms with Gasteiger partial charge in [-0.15, -0.1) is 0 Å². The molecule has 146 valence electrons. The maximum Gasteiger partial charge on any atom is 0.347 e. The van der Waals surface area contributed by atoms with Gasteiger partial charge < -0.3 is 14.8 Å². The summed E-state index contributed by atoms with van der Waals surface area (Å²) in [6.07, 6.45) is -1.90. The molecule has 6 nitrogen and oxygen atoms in total. The van der Waals surface area contributed by atoms with E-state index in [-0.39, 0.29) is 0 Å². The predicted molar refractivity (Wildman–Crippen MR) is 109 cm³/mol. The number of nitriles is 1. The number of nitrogens with one attached hydrogen (secondary N) is 1. The van der Waals surface area contributed by atoms with E-state index >= 15 is 0 Å². The van der Waals surface area contributed by atoms with E-state index in [4.69, 9.17) is 14.7 Å². The number of hydrogen-bond donors (Lipinski definition) is 1. The topological polar surface area (TPSA) is 88.4 Å². The predicted octanol–water partition coefficient (Wildman–Crippen LogP) is 4.05. The zero-order valence-electron chi connectivity index (χ0n) is 16.1. The summed E-state index contributed by atoms with van der Waals surface area (Å²) in [6.45, 7) is 3.04. The van der Waals surface area contributed by atoms with Crippen LogP contribution in [0.5, 0.6) is 5.75 Å². The minimum absolute atomic E-state index is 0.430. The van der Waals surface area contributed by atoms with Gasteiger partial charge in [-0.3, -0.25) is 4.79 Å². The molecule has 0 fully saturated rings. The van der Waals surface area contributed by atoms with Crippen LogP contribution in [-0.2, 0) is 14.3 Å². The molecule has 0 saturated heterocycles. The van der Waals surface area contributed by atoms with Gasteiger partial charge in [0, 0.05) is 11.1 Å². The molecule has 3 rings (SSSR count). The van der Waals surface area contributed by atoms with Crippen LogP contribution in [0.25, 0.3) is 10.8 Å². The number of amides is 1. The Bertz CT molecular complexity index is 1060. The molecule has 1 amide bonds. The summed E-state index contributed by atoms with van der Waals surface area (Å²) in [5, 5.41) is 13.5. The molecule has 0 aliphatic heterocycles. The molecule has 0 bridgehead atoms. The summed E-state index contributed by atoms with van der Waals surface area (Å²) in [6, 6.07) is 21.7. The summed E-state index contributed by atoms with van der Waals surface area (Å²) >= 11 is 0. The van der Waals surface area contributed by atoms with Crippen LogP contribution < -0.4 is 10.1 Å². The highest BCUT2D eigenvalue weighted by atomic mass is 16.6. The fraction of sp³-hybridized carbons (Fsp3) is 0.174. The average Bonchev–Trinajstić information content (AvgIpc) is 2.74. The zero-order chi connectivity index (χ0) is 20.8. The second-order valence-corrected chi connectivity index (χ2v) is 6.49. The Labute approximate surface area is 168 Å². The van der Waals surface area contributed by atoms with Gasteiger partial charge in [0.05, 0.1) is 11.6 Å². The van der Waals surface area contributed by atoms with Gasteiger partial charge in [0.25, 0.3) is 5.91 Å². The minimum atomic E-state index is -0.992. The van der Waals surface area contributed by atoms with E-state index in [0.717, 1.165) is 10.8 Å². The van der Waals surface area contributed by atoms with Crippen molar-refractivity contribution in [3.8, 4) is 11.8 Å². The third kappa shape index (κ3) is 4.90. The molecular formula is C23H20N2O4. The van der Waals surface area contributed by atoms with E-state index in [1.165, 1.54) is 13.8 Å². The van der Waals surface area contributed by atoms with Gasteiger partial charge in [0.2, 0.25) is 0 Å². The number of anilines is 1. The van der Waals surface area contributed by atoms with Crippen molar-refractivity contribution >= 4 is 28.3 Å². The monoisotopic (exact) mass is 388 g/mol. The van der Waals surface area contributed by atoms with Crippen molar-refractivity contribution in [3.05, 3.63) is 72.3 Å². The van der Waals surface area contributed by atoms with E-state index in [1.807, 2.05) is 42.5 Å². The molecule has 3 aromatic carbocycles. The Kier molecular flexibility index (Phi) is 6.10. The third-order valence-electron chi connectivity index (χ3n) is 4.34. The number of benzene rings is 3. The molecule has 2 atom stereocenters. The van der Waals surface area contributed by atoms with Gasteiger partial charge in [0.1, 0.15) is 5.75 Å². The van der Waals surface area contributed by atoms with Crippen molar-refractivity contribution in [1.29, 1.82) is 5.26 Å². The Morgan fingerprint density at radius 2 is 1.62 bits per heavy atom. The molecule has 0 spiro atoms.